The van der Waals surface area contributed by atoms with Gasteiger partial charge in [-0.1, -0.05) is 18.2 Å². The van der Waals surface area contributed by atoms with E-state index in [1.54, 1.807) is 11.0 Å². The molecule has 5 rings (SSSR count). The number of nitrogens with zero attached hydrogens (tertiary/aromatic N) is 4. The van der Waals surface area contributed by atoms with Gasteiger partial charge in [0.25, 0.3) is 0 Å². The zero-order chi connectivity index (χ0) is 26.6. The fourth-order valence-corrected chi connectivity index (χ4v) is 6.88. The summed E-state index contributed by atoms with van der Waals surface area (Å²) in [5.41, 5.74) is 0.371. The molecule has 0 saturated carbocycles. The second kappa shape index (κ2) is 9.74. The van der Waals surface area contributed by atoms with E-state index in [9.17, 15) is 23.5 Å². The highest BCUT2D eigenvalue weighted by Gasteiger charge is 2.34. The number of hydrogen-bond donors (Lipinski definition) is 1. The Balaban J connectivity index is 1.75. The fourth-order valence-electron chi connectivity index (χ4n) is 5.33. The predicted octanol–water partition coefficient (Wildman–Crippen LogP) is 4.07. The molecule has 11 heteroatoms. The van der Waals surface area contributed by atoms with Crippen LogP contribution in [0.2, 0.25) is 5.02 Å². The van der Waals surface area contributed by atoms with Crippen LogP contribution >= 0.6 is 23.4 Å². The van der Waals surface area contributed by atoms with Gasteiger partial charge in [-0.15, -0.1) is 11.8 Å². The molecule has 1 N–H and O–H groups in total. The molecule has 0 spiro atoms. The third-order valence-electron chi connectivity index (χ3n) is 6.81. The monoisotopic (exact) mass is 546 g/mol. The molecule has 1 fully saturated rings. The normalized spacial score (nSPS) is 21.7. The van der Waals surface area contributed by atoms with Crippen LogP contribution in [0.25, 0.3) is 22.0 Å². The lowest BCUT2D eigenvalue weighted by Gasteiger charge is -2.44. The smallest absolute Gasteiger partial charge is 0.350 e. The molecule has 3 aromatic rings. The SMILES string of the molecule is C=CC(=O)N1[C@H](C)CN(c2nc(=O)n3c4c(c(-c5ccc(F)cc5F)c(Cl)cc24)SCC(O)C3)C[C@@H]1C. The largest absolute Gasteiger partial charge is 0.390 e. The van der Waals surface area contributed by atoms with Gasteiger partial charge < -0.3 is 14.9 Å². The van der Waals surface area contributed by atoms with E-state index in [0.29, 0.717) is 40.3 Å². The highest BCUT2D eigenvalue weighted by molar-refractivity contribution is 7.99. The number of aliphatic hydroxyl groups excluding tert-OH is 1. The van der Waals surface area contributed by atoms with Gasteiger partial charge >= 0.3 is 5.69 Å². The van der Waals surface area contributed by atoms with Crippen molar-refractivity contribution in [3.63, 3.8) is 0 Å². The van der Waals surface area contributed by atoms with Gasteiger partial charge in [0.05, 0.1) is 23.2 Å². The van der Waals surface area contributed by atoms with Crippen molar-refractivity contribution in [2.75, 3.05) is 23.7 Å². The molecule has 3 atom stereocenters. The van der Waals surface area contributed by atoms with Gasteiger partial charge in [-0.25, -0.2) is 13.6 Å². The predicted molar refractivity (Wildman–Crippen MR) is 141 cm³/mol. The van der Waals surface area contributed by atoms with Crippen LogP contribution in [0.15, 0.2) is 46.6 Å². The van der Waals surface area contributed by atoms with E-state index < -0.39 is 23.4 Å². The number of thioether (sulfide) groups is 1. The van der Waals surface area contributed by atoms with Crippen LogP contribution in [0.4, 0.5) is 14.6 Å². The molecule has 1 amide bonds. The van der Waals surface area contributed by atoms with E-state index in [4.69, 9.17) is 11.6 Å². The Kier molecular flexibility index (Phi) is 6.76. The molecule has 2 aliphatic heterocycles. The van der Waals surface area contributed by atoms with Gasteiger partial charge in [-0.05, 0) is 38.1 Å². The lowest BCUT2D eigenvalue weighted by molar-refractivity contribution is -0.130. The zero-order valence-electron chi connectivity index (χ0n) is 20.2. The molecule has 0 radical (unpaired) electrons. The summed E-state index contributed by atoms with van der Waals surface area (Å²) in [5.74, 6) is -1.00. The van der Waals surface area contributed by atoms with E-state index >= 15 is 0 Å². The third-order valence-corrected chi connectivity index (χ3v) is 8.35. The van der Waals surface area contributed by atoms with Crippen molar-refractivity contribution in [3.05, 3.63) is 64.1 Å². The molecule has 0 aliphatic carbocycles. The molecular weight excluding hydrogens is 522 g/mol. The van der Waals surface area contributed by atoms with Gasteiger partial charge in [0.2, 0.25) is 5.91 Å². The summed E-state index contributed by atoms with van der Waals surface area (Å²) in [4.78, 5) is 34.3. The second-order valence-electron chi connectivity index (χ2n) is 9.43. The van der Waals surface area contributed by atoms with Crippen LogP contribution in [-0.4, -0.2) is 62.5 Å². The maximum atomic E-state index is 14.9. The molecule has 37 heavy (non-hydrogen) atoms. The van der Waals surface area contributed by atoms with Crippen LogP contribution in [0, 0.1) is 11.6 Å². The lowest BCUT2D eigenvalue weighted by atomic mass is 10.0. The summed E-state index contributed by atoms with van der Waals surface area (Å²) >= 11 is 8.02. The maximum absolute atomic E-state index is 14.9. The summed E-state index contributed by atoms with van der Waals surface area (Å²) in [7, 11) is 0. The van der Waals surface area contributed by atoms with Gasteiger partial charge in [-0.2, -0.15) is 4.98 Å². The average Bonchev–Trinajstić information content (AvgIpc) is 3.01. The van der Waals surface area contributed by atoms with Crippen molar-refractivity contribution in [3.8, 4) is 11.1 Å². The maximum Gasteiger partial charge on any atom is 0.350 e. The minimum atomic E-state index is -0.843. The molecule has 1 aromatic heterocycles. The number of halogens is 3. The van der Waals surface area contributed by atoms with E-state index in [-0.39, 0.29) is 40.9 Å². The number of aromatic nitrogens is 2. The van der Waals surface area contributed by atoms with E-state index in [0.717, 1.165) is 12.1 Å². The number of carbonyl (C=O) groups is 1. The first-order chi connectivity index (χ1) is 17.6. The highest BCUT2D eigenvalue weighted by atomic mass is 35.5. The van der Waals surface area contributed by atoms with Gasteiger partial charge in [0.15, 0.2) is 0 Å². The number of anilines is 1. The second-order valence-corrected chi connectivity index (χ2v) is 10.9. The molecule has 3 heterocycles. The van der Waals surface area contributed by atoms with Gasteiger partial charge in [0, 0.05) is 58.4 Å². The first-order valence-corrected chi connectivity index (χ1v) is 13.2. The number of hydrogen-bond acceptors (Lipinski definition) is 6. The van der Waals surface area contributed by atoms with Crippen molar-refractivity contribution in [1.82, 2.24) is 14.5 Å². The average molecular weight is 547 g/mol. The summed E-state index contributed by atoms with van der Waals surface area (Å²) in [6.07, 6.45) is 0.446. The number of amides is 1. The van der Waals surface area contributed by atoms with Crippen LogP contribution in [0.3, 0.4) is 0 Å². The molecule has 2 aliphatic rings. The van der Waals surface area contributed by atoms with E-state index in [1.165, 1.54) is 28.5 Å². The number of carbonyl (C=O) groups excluding carboxylic acids is 1. The summed E-state index contributed by atoms with van der Waals surface area (Å²) in [6.45, 7) is 8.29. The van der Waals surface area contributed by atoms with Crippen molar-refractivity contribution >= 4 is 46.0 Å². The number of benzene rings is 2. The minimum absolute atomic E-state index is 0.0179. The Morgan fingerprint density at radius 1 is 1.22 bits per heavy atom. The molecule has 1 unspecified atom stereocenters. The van der Waals surface area contributed by atoms with Gasteiger partial charge in [0.1, 0.15) is 17.5 Å². The van der Waals surface area contributed by atoms with Crippen LogP contribution in [0.5, 0.6) is 0 Å². The van der Waals surface area contributed by atoms with Crippen molar-refractivity contribution in [1.29, 1.82) is 0 Å². The van der Waals surface area contributed by atoms with Crippen LogP contribution in [0.1, 0.15) is 13.8 Å². The Morgan fingerprint density at radius 3 is 2.57 bits per heavy atom. The van der Waals surface area contributed by atoms with E-state index in [2.05, 4.69) is 11.6 Å². The Morgan fingerprint density at radius 2 is 1.92 bits per heavy atom. The molecular formula is C26H25ClF2N4O3S. The van der Waals surface area contributed by atoms with Crippen molar-refractivity contribution in [2.45, 2.75) is 43.5 Å². The molecule has 1 saturated heterocycles. The fraction of sp³-hybridized carbons (Fsp3) is 0.346. The summed E-state index contributed by atoms with van der Waals surface area (Å²) < 4.78 is 30.0. The first kappa shape index (κ1) is 25.7. The molecule has 2 aromatic carbocycles. The van der Waals surface area contributed by atoms with Crippen molar-refractivity contribution < 1.29 is 18.7 Å². The number of rotatable bonds is 3. The lowest BCUT2D eigenvalue weighted by Crippen LogP contribution is -2.58. The summed E-state index contributed by atoms with van der Waals surface area (Å²) in [5, 5.41) is 11.3. The highest BCUT2D eigenvalue weighted by Crippen LogP contribution is 2.46. The number of aliphatic hydroxyl groups is 1. The first-order valence-electron chi connectivity index (χ1n) is 11.8. The standard InChI is InChI=1S/C26H25ClF2N4O3S/c1-4-21(35)33-13(2)9-31(10-14(33)3)25-18-8-19(27)22(17-6-5-15(28)7-20(17)29)24-23(18)32(26(36)30-25)11-16(34)12-37-24/h4-8,13-14,16,34H,1,9-12H2,2-3H3/t13-,14+,16?. The third kappa shape index (κ3) is 4.41. The molecule has 194 valence electrons. The zero-order valence-corrected chi connectivity index (χ0v) is 21.8. The van der Waals surface area contributed by atoms with Gasteiger partial charge in [-0.3, -0.25) is 9.36 Å². The van der Waals surface area contributed by atoms with E-state index in [1.807, 2.05) is 18.7 Å². The van der Waals surface area contributed by atoms with Crippen LogP contribution < -0.4 is 10.6 Å². The van der Waals surface area contributed by atoms with Crippen molar-refractivity contribution in [2.24, 2.45) is 0 Å². The van der Waals surface area contributed by atoms with Crippen LogP contribution in [-0.2, 0) is 11.3 Å². The summed E-state index contributed by atoms with van der Waals surface area (Å²) in [6, 6.07) is 4.55. The Hall–Kier alpha value is -2.95. The number of piperazine rings is 1. The quantitative estimate of drug-likeness (QED) is 0.499. The molecule has 7 nitrogen and oxygen atoms in total. The Labute approximate surface area is 221 Å². The minimum Gasteiger partial charge on any atom is -0.390 e. The molecule has 0 bridgehead atoms. The Bertz CT molecular complexity index is 1490. The topological polar surface area (TPSA) is 78.7 Å².